The van der Waals surface area contributed by atoms with Crippen LogP contribution in [0, 0.1) is 0 Å². The molecule has 1 N–H and O–H groups in total. The first kappa shape index (κ1) is 12.4. The molecule has 0 bridgehead atoms. The molecule has 1 aliphatic carbocycles. The molecule has 0 radical (unpaired) electrons. The second-order valence-corrected chi connectivity index (χ2v) is 5.72. The zero-order chi connectivity index (χ0) is 14.6. The first-order valence-corrected chi connectivity index (χ1v) is 7.22. The molecule has 2 aliphatic rings. The van der Waals surface area contributed by atoms with Gasteiger partial charge in [-0.05, 0) is 31.9 Å². The highest BCUT2D eigenvalue weighted by atomic mass is 16.2. The van der Waals surface area contributed by atoms with E-state index in [0.717, 1.165) is 23.9 Å². The number of hydrogen-bond donors (Lipinski definition) is 1. The number of amides is 3. The van der Waals surface area contributed by atoms with Gasteiger partial charge < -0.3 is 9.88 Å². The molecule has 108 valence electrons. The zero-order valence-electron chi connectivity index (χ0n) is 11.7. The summed E-state index contributed by atoms with van der Waals surface area (Å²) in [6, 6.07) is 7.38. The predicted octanol–water partition coefficient (Wildman–Crippen LogP) is 1.88. The van der Waals surface area contributed by atoms with Crippen molar-refractivity contribution in [2.75, 3.05) is 0 Å². The van der Waals surface area contributed by atoms with Gasteiger partial charge in [-0.1, -0.05) is 12.1 Å². The van der Waals surface area contributed by atoms with Crippen molar-refractivity contribution < 1.29 is 9.59 Å². The van der Waals surface area contributed by atoms with Gasteiger partial charge in [0.15, 0.2) is 0 Å². The van der Waals surface area contributed by atoms with Crippen molar-refractivity contribution in [1.82, 2.24) is 19.8 Å². The lowest BCUT2D eigenvalue weighted by atomic mass is 10.3. The fraction of sp³-hybridized carbons (Fsp3) is 0.400. The molecule has 2 fully saturated rings. The van der Waals surface area contributed by atoms with Gasteiger partial charge in [-0.3, -0.25) is 9.69 Å². The Hall–Kier alpha value is -2.37. The molecule has 1 aromatic carbocycles. The number of nitrogens with one attached hydrogen (secondary N) is 1. The third kappa shape index (κ3) is 1.90. The minimum atomic E-state index is -0.352. The minimum Gasteiger partial charge on any atom is -0.340 e. The van der Waals surface area contributed by atoms with Crippen LogP contribution in [0.25, 0.3) is 11.0 Å². The van der Waals surface area contributed by atoms with E-state index in [2.05, 4.69) is 9.97 Å². The maximum absolute atomic E-state index is 12.4. The summed E-state index contributed by atoms with van der Waals surface area (Å²) in [5.41, 5.74) is 1.76. The molecule has 0 spiro atoms. The first-order valence-electron chi connectivity index (χ1n) is 7.22. The Morgan fingerprint density at radius 2 is 2.05 bits per heavy atom. The smallest absolute Gasteiger partial charge is 0.328 e. The highest BCUT2D eigenvalue weighted by Gasteiger charge is 2.48. The number of imidazole rings is 1. The van der Waals surface area contributed by atoms with Gasteiger partial charge in [-0.25, -0.2) is 9.78 Å². The fourth-order valence-corrected chi connectivity index (χ4v) is 2.94. The van der Waals surface area contributed by atoms with Crippen LogP contribution in [-0.2, 0) is 11.3 Å². The fourth-order valence-electron chi connectivity index (χ4n) is 2.94. The summed E-state index contributed by atoms with van der Waals surface area (Å²) in [6.45, 7) is 2.01. The molecule has 1 unspecified atom stereocenters. The maximum atomic E-state index is 12.4. The highest BCUT2D eigenvalue weighted by molar-refractivity contribution is 6.04. The van der Waals surface area contributed by atoms with Crippen molar-refractivity contribution in [3.05, 3.63) is 30.1 Å². The monoisotopic (exact) mass is 284 g/mol. The Morgan fingerprint density at radius 3 is 2.76 bits per heavy atom. The van der Waals surface area contributed by atoms with Crippen molar-refractivity contribution in [2.24, 2.45) is 0 Å². The Balaban J connectivity index is 1.61. The number of hydrogen-bond acceptors (Lipinski definition) is 3. The van der Waals surface area contributed by atoms with E-state index in [9.17, 15) is 9.59 Å². The van der Waals surface area contributed by atoms with Crippen molar-refractivity contribution >= 4 is 23.0 Å². The van der Waals surface area contributed by atoms with Gasteiger partial charge in [-0.15, -0.1) is 0 Å². The SMILES string of the molecule is CC1C(=O)N(Cc2nc3ccccc3[nH]2)C(=O)N1C1CC1. The standard InChI is InChI=1S/C15H16N4O2/c1-9-14(20)18(15(21)19(9)10-6-7-10)8-13-16-11-4-2-3-5-12(11)17-13/h2-5,9-10H,6-8H2,1H3,(H,16,17). The van der Waals surface area contributed by atoms with Crippen LogP contribution in [0.15, 0.2) is 24.3 Å². The summed E-state index contributed by atoms with van der Waals surface area (Å²) >= 11 is 0. The lowest BCUT2D eigenvalue weighted by molar-refractivity contribution is -0.128. The van der Waals surface area contributed by atoms with Gasteiger partial charge in [0.2, 0.25) is 0 Å². The molecule has 1 saturated carbocycles. The molecule has 2 heterocycles. The lowest BCUT2D eigenvalue weighted by Gasteiger charge is -2.17. The number of carbonyl (C=O) groups excluding carboxylic acids is 2. The summed E-state index contributed by atoms with van der Waals surface area (Å²) in [6.07, 6.45) is 2.00. The molecule has 3 amide bonds. The molecule has 1 aliphatic heterocycles. The van der Waals surface area contributed by atoms with Crippen molar-refractivity contribution in [2.45, 2.75) is 38.4 Å². The second kappa shape index (κ2) is 4.31. The van der Waals surface area contributed by atoms with E-state index in [1.807, 2.05) is 24.3 Å². The molecule has 1 saturated heterocycles. The number of carbonyl (C=O) groups is 2. The highest BCUT2D eigenvalue weighted by Crippen LogP contribution is 2.33. The number of nitrogens with zero attached hydrogens (tertiary/aromatic N) is 3. The molecular formula is C15H16N4O2. The molecular weight excluding hydrogens is 268 g/mol. The molecule has 4 rings (SSSR count). The number of aromatic amines is 1. The van der Waals surface area contributed by atoms with Crippen LogP contribution in [-0.4, -0.2) is 43.8 Å². The summed E-state index contributed by atoms with van der Waals surface area (Å²) in [7, 11) is 0. The maximum Gasteiger partial charge on any atom is 0.328 e. The molecule has 1 atom stereocenters. The van der Waals surface area contributed by atoms with Crippen LogP contribution in [0.4, 0.5) is 4.79 Å². The third-order valence-corrected chi connectivity index (χ3v) is 4.18. The molecule has 21 heavy (non-hydrogen) atoms. The van der Waals surface area contributed by atoms with Gasteiger partial charge in [0.05, 0.1) is 17.6 Å². The van der Waals surface area contributed by atoms with Gasteiger partial charge in [-0.2, -0.15) is 0 Å². The van der Waals surface area contributed by atoms with E-state index in [0.29, 0.717) is 5.82 Å². The van der Waals surface area contributed by atoms with Crippen LogP contribution in [0.1, 0.15) is 25.6 Å². The average Bonchev–Trinajstić information content (AvgIpc) is 3.18. The number of rotatable bonds is 3. The Bertz CT molecular complexity index is 701. The summed E-state index contributed by atoms with van der Waals surface area (Å²) < 4.78 is 0. The van der Waals surface area contributed by atoms with E-state index >= 15 is 0 Å². The molecule has 1 aromatic heterocycles. The van der Waals surface area contributed by atoms with E-state index in [4.69, 9.17) is 0 Å². The Kier molecular flexibility index (Phi) is 2.54. The zero-order valence-corrected chi connectivity index (χ0v) is 11.7. The summed E-state index contributed by atoms with van der Waals surface area (Å²) in [5, 5.41) is 0. The number of aromatic nitrogens is 2. The Morgan fingerprint density at radius 1 is 1.29 bits per heavy atom. The quantitative estimate of drug-likeness (QED) is 0.875. The third-order valence-electron chi connectivity index (χ3n) is 4.18. The number of imide groups is 1. The van der Waals surface area contributed by atoms with Crippen LogP contribution in [0.2, 0.25) is 0 Å². The number of benzene rings is 1. The largest absolute Gasteiger partial charge is 0.340 e. The second-order valence-electron chi connectivity index (χ2n) is 5.72. The van der Waals surface area contributed by atoms with Gasteiger partial charge in [0.1, 0.15) is 11.9 Å². The topological polar surface area (TPSA) is 69.3 Å². The van der Waals surface area contributed by atoms with Crippen LogP contribution in [0.3, 0.4) is 0 Å². The molecule has 2 aromatic rings. The number of H-pyrrole nitrogens is 1. The van der Waals surface area contributed by atoms with Gasteiger partial charge >= 0.3 is 6.03 Å². The van der Waals surface area contributed by atoms with E-state index in [1.54, 1.807) is 11.8 Å². The number of fused-ring (bicyclic) bond motifs is 1. The van der Waals surface area contributed by atoms with Crippen molar-refractivity contribution in [3.8, 4) is 0 Å². The van der Waals surface area contributed by atoms with Crippen LogP contribution < -0.4 is 0 Å². The predicted molar refractivity (Wildman–Crippen MR) is 76.4 cm³/mol. The van der Waals surface area contributed by atoms with E-state index < -0.39 is 0 Å². The number of urea groups is 1. The summed E-state index contributed by atoms with van der Waals surface area (Å²) in [4.78, 5) is 35.3. The van der Waals surface area contributed by atoms with Crippen molar-refractivity contribution in [3.63, 3.8) is 0 Å². The van der Waals surface area contributed by atoms with Crippen LogP contribution in [0.5, 0.6) is 0 Å². The van der Waals surface area contributed by atoms with Crippen molar-refractivity contribution in [1.29, 1.82) is 0 Å². The van der Waals surface area contributed by atoms with Crippen LogP contribution >= 0.6 is 0 Å². The van der Waals surface area contributed by atoms with E-state index in [1.165, 1.54) is 4.90 Å². The van der Waals surface area contributed by atoms with Gasteiger partial charge in [0, 0.05) is 6.04 Å². The minimum absolute atomic E-state index is 0.132. The molecule has 6 heteroatoms. The van der Waals surface area contributed by atoms with Gasteiger partial charge in [0.25, 0.3) is 5.91 Å². The summed E-state index contributed by atoms with van der Waals surface area (Å²) in [5.74, 6) is 0.509. The lowest BCUT2D eigenvalue weighted by Crippen LogP contribution is -2.35. The Labute approximate surface area is 121 Å². The normalized spacial score (nSPS) is 22.6. The molecule has 6 nitrogen and oxygen atoms in total. The van der Waals surface area contributed by atoms with E-state index in [-0.39, 0.29) is 30.6 Å². The average molecular weight is 284 g/mol. The number of para-hydroxylation sites is 2. The first-order chi connectivity index (χ1) is 10.1.